The third-order valence-corrected chi connectivity index (χ3v) is 6.96. The van der Waals surface area contributed by atoms with Crippen LogP contribution in [0.5, 0.6) is 11.5 Å². The van der Waals surface area contributed by atoms with Gasteiger partial charge in [-0.2, -0.15) is 9.36 Å². The van der Waals surface area contributed by atoms with E-state index in [2.05, 4.69) is 14.7 Å². The second-order valence-electron chi connectivity index (χ2n) is 6.49. The van der Waals surface area contributed by atoms with E-state index in [9.17, 15) is 4.79 Å². The van der Waals surface area contributed by atoms with Crippen LogP contribution < -0.4 is 14.8 Å². The van der Waals surface area contributed by atoms with Gasteiger partial charge in [-0.15, -0.1) is 0 Å². The highest BCUT2D eigenvalue weighted by molar-refractivity contribution is 7.10. The molecule has 3 rings (SSSR count). The Kier molecular flexibility index (Phi) is 8.72. The second kappa shape index (κ2) is 11.1. The van der Waals surface area contributed by atoms with E-state index in [1.165, 1.54) is 0 Å². The van der Waals surface area contributed by atoms with Crippen LogP contribution in [-0.4, -0.2) is 28.5 Å². The SMILES string of the molecule is CCCOc1ccc(-c2nsc(NC(=O)COc3c(Cl)c(Cl)c(Cl)c(Cl)c3Cl)n2)cc1C. The van der Waals surface area contributed by atoms with Crippen molar-refractivity contribution in [3.8, 4) is 22.9 Å². The van der Waals surface area contributed by atoms with Crippen molar-refractivity contribution in [2.24, 2.45) is 0 Å². The van der Waals surface area contributed by atoms with Crippen molar-refractivity contribution >= 4 is 80.6 Å². The summed E-state index contributed by atoms with van der Waals surface area (Å²) < 4.78 is 15.4. The fraction of sp³-hybridized carbons (Fsp3) is 0.250. The average molecular weight is 556 g/mol. The number of carbonyl (C=O) groups is 1. The molecule has 1 aromatic heterocycles. The summed E-state index contributed by atoms with van der Waals surface area (Å²) in [6, 6.07) is 5.68. The van der Waals surface area contributed by atoms with Crippen LogP contribution in [0.4, 0.5) is 5.13 Å². The van der Waals surface area contributed by atoms with Crippen LogP contribution in [0.15, 0.2) is 18.2 Å². The fourth-order valence-electron chi connectivity index (χ4n) is 2.56. The highest BCUT2D eigenvalue weighted by Crippen LogP contribution is 2.48. The topological polar surface area (TPSA) is 73.3 Å². The summed E-state index contributed by atoms with van der Waals surface area (Å²) in [5.74, 6) is 0.762. The summed E-state index contributed by atoms with van der Waals surface area (Å²) in [4.78, 5) is 16.6. The summed E-state index contributed by atoms with van der Waals surface area (Å²) in [5, 5.41) is 2.80. The van der Waals surface area contributed by atoms with Crippen LogP contribution in [0.2, 0.25) is 25.1 Å². The van der Waals surface area contributed by atoms with Gasteiger partial charge in [-0.3, -0.25) is 10.1 Å². The molecule has 12 heteroatoms. The van der Waals surface area contributed by atoms with E-state index in [0.717, 1.165) is 34.8 Å². The lowest BCUT2D eigenvalue weighted by Crippen LogP contribution is -2.20. The number of hydrogen-bond donors (Lipinski definition) is 1. The molecule has 170 valence electrons. The largest absolute Gasteiger partial charge is 0.493 e. The first-order valence-corrected chi connectivity index (χ1v) is 11.9. The third-order valence-electron chi connectivity index (χ3n) is 4.08. The van der Waals surface area contributed by atoms with Crippen molar-refractivity contribution < 1.29 is 14.3 Å². The maximum Gasteiger partial charge on any atom is 0.264 e. The van der Waals surface area contributed by atoms with Crippen molar-refractivity contribution in [3.05, 3.63) is 48.9 Å². The van der Waals surface area contributed by atoms with Crippen molar-refractivity contribution in [1.29, 1.82) is 0 Å². The molecule has 32 heavy (non-hydrogen) atoms. The van der Waals surface area contributed by atoms with E-state index < -0.39 is 12.5 Å². The number of amides is 1. The van der Waals surface area contributed by atoms with Gasteiger partial charge < -0.3 is 9.47 Å². The van der Waals surface area contributed by atoms with E-state index in [1.54, 1.807) is 0 Å². The molecule has 3 aromatic rings. The highest BCUT2D eigenvalue weighted by atomic mass is 35.5. The monoisotopic (exact) mass is 553 g/mol. The molecular formula is C20H16Cl5N3O3S. The zero-order valence-electron chi connectivity index (χ0n) is 16.8. The lowest BCUT2D eigenvalue weighted by Gasteiger charge is -2.13. The number of hydrogen-bond acceptors (Lipinski definition) is 6. The minimum absolute atomic E-state index is 0.00159. The predicted molar refractivity (Wildman–Crippen MR) is 131 cm³/mol. The Bertz CT molecular complexity index is 1130. The molecule has 0 saturated carbocycles. The number of anilines is 1. The Morgan fingerprint density at radius 3 is 2.31 bits per heavy atom. The average Bonchev–Trinajstić information content (AvgIpc) is 3.23. The van der Waals surface area contributed by atoms with Gasteiger partial charge in [-0.1, -0.05) is 64.9 Å². The van der Waals surface area contributed by atoms with Crippen LogP contribution in [0.25, 0.3) is 11.4 Å². The zero-order chi connectivity index (χ0) is 23.4. The Morgan fingerprint density at radius 2 is 1.69 bits per heavy atom. The Labute approximate surface area is 213 Å². The number of carbonyl (C=O) groups excluding carboxylic acids is 1. The van der Waals surface area contributed by atoms with Crippen LogP contribution in [0, 0.1) is 6.92 Å². The van der Waals surface area contributed by atoms with Gasteiger partial charge >= 0.3 is 0 Å². The van der Waals surface area contributed by atoms with Gasteiger partial charge in [0, 0.05) is 17.1 Å². The Morgan fingerprint density at radius 1 is 1.03 bits per heavy atom. The lowest BCUT2D eigenvalue weighted by atomic mass is 10.1. The Balaban J connectivity index is 1.65. The molecule has 0 aliphatic rings. The first kappa shape index (κ1) is 25.1. The van der Waals surface area contributed by atoms with Crippen LogP contribution in [0.3, 0.4) is 0 Å². The number of aryl methyl sites for hydroxylation is 1. The van der Waals surface area contributed by atoms with Gasteiger partial charge in [-0.05, 0) is 37.1 Å². The molecule has 1 N–H and O–H groups in total. The minimum atomic E-state index is -0.499. The van der Waals surface area contributed by atoms with Gasteiger partial charge in [0.25, 0.3) is 5.91 Å². The Hall–Kier alpha value is -1.48. The maximum atomic E-state index is 12.3. The molecule has 0 bridgehead atoms. The summed E-state index contributed by atoms with van der Waals surface area (Å²) in [6.07, 6.45) is 0.929. The number of nitrogens with zero attached hydrogens (tertiary/aromatic N) is 2. The molecule has 2 aromatic carbocycles. The fourth-order valence-corrected chi connectivity index (χ4v) is 4.39. The normalized spacial score (nSPS) is 10.8. The standard InChI is InChI=1S/C20H16Cl5N3O3S/c1-3-6-30-11-5-4-10(7-9(11)2)19-27-20(32-28-19)26-12(29)8-31-18-16(24)14(22)13(21)15(23)17(18)25/h4-5,7H,3,6,8H2,1-2H3,(H,26,27,28,29). The minimum Gasteiger partial charge on any atom is -0.493 e. The summed E-state index contributed by atoms with van der Waals surface area (Å²) >= 11 is 31.2. The van der Waals surface area contributed by atoms with Crippen LogP contribution >= 0.6 is 69.5 Å². The quantitative estimate of drug-likeness (QED) is 0.229. The van der Waals surface area contributed by atoms with E-state index >= 15 is 0 Å². The maximum absolute atomic E-state index is 12.3. The number of halogens is 5. The molecular weight excluding hydrogens is 540 g/mol. The first-order chi connectivity index (χ1) is 15.2. The predicted octanol–water partition coefficient (Wildman–Crippen LogP) is 7.59. The molecule has 1 amide bonds. The number of nitrogens with one attached hydrogen (secondary N) is 1. The van der Waals surface area contributed by atoms with Crippen molar-refractivity contribution in [2.45, 2.75) is 20.3 Å². The van der Waals surface area contributed by atoms with E-state index in [1.807, 2.05) is 32.0 Å². The number of aromatic nitrogens is 2. The van der Waals surface area contributed by atoms with Crippen LogP contribution in [0.1, 0.15) is 18.9 Å². The molecule has 0 fully saturated rings. The molecule has 0 radical (unpaired) electrons. The smallest absolute Gasteiger partial charge is 0.264 e. The van der Waals surface area contributed by atoms with Crippen molar-refractivity contribution in [1.82, 2.24) is 9.36 Å². The van der Waals surface area contributed by atoms with Gasteiger partial charge in [0.15, 0.2) is 18.2 Å². The van der Waals surface area contributed by atoms with Gasteiger partial charge in [0.2, 0.25) is 5.13 Å². The zero-order valence-corrected chi connectivity index (χ0v) is 21.4. The number of benzene rings is 2. The molecule has 0 aliphatic carbocycles. The first-order valence-electron chi connectivity index (χ1n) is 9.24. The third kappa shape index (κ3) is 5.71. The summed E-state index contributed by atoms with van der Waals surface area (Å²) in [7, 11) is 0. The van der Waals surface area contributed by atoms with Crippen molar-refractivity contribution in [2.75, 3.05) is 18.5 Å². The highest BCUT2D eigenvalue weighted by Gasteiger charge is 2.21. The molecule has 0 spiro atoms. The molecule has 0 unspecified atom stereocenters. The second-order valence-corrected chi connectivity index (χ2v) is 9.13. The van der Waals surface area contributed by atoms with Gasteiger partial charge in [-0.25, -0.2) is 0 Å². The summed E-state index contributed by atoms with van der Waals surface area (Å²) in [5.41, 5.74) is 1.78. The van der Waals surface area contributed by atoms with E-state index in [4.69, 9.17) is 67.5 Å². The molecule has 1 heterocycles. The lowest BCUT2D eigenvalue weighted by molar-refractivity contribution is -0.118. The number of ether oxygens (including phenoxy) is 2. The molecule has 0 atom stereocenters. The van der Waals surface area contributed by atoms with Crippen LogP contribution in [-0.2, 0) is 4.79 Å². The molecule has 0 aliphatic heterocycles. The van der Waals surface area contributed by atoms with Crippen molar-refractivity contribution in [3.63, 3.8) is 0 Å². The summed E-state index contributed by atoms with van der Waals surface area (Å²) in [6.45, 7) is 4.24. The molecule has 0 saturated heterocycles. The van der Waals surface area contributed by atoms with Gasteiger partial charge in [0.1, 0.15) is 15.8 Å². The van der Waals surface area contributed by atoms with E-state index in [-0.39, 0.29) is 30.9 Å². The van der Waals surface area contributed by atoms with Gasteiger partial charge in [0.05, 0.1) is 21.7 Å². The molecule has 6 nitrogen and oxygen atoms in total. The van der Waals surface area contributed by atoms with E-state index in [0.29, 0.717) is 17.6 Å². The number of rotatable bonds is 8.